The predicted molar refractivity (Wildman–Crippen MR) is 48.1 cm³/mol. The molecule has 0 aromatic carbocycles. The average Bonchev–Trinajstić information content (AvgIpc) is 2.53. The number of aryl methyl sites for hydroxylation is 1. The van der Waals surface area contributed by atoms with E-state index in [2.05, 4.69) is 15.1 Å². The highest BCUT2D eigenvalue weighted by Gasteiger charge is 1.96. The zero-order chi connectivity index (χ0) is 9.10. The van der Waals surface area contributed by atoms with E-state index in [-0.39, 0.29) is 0 Å². The summed E-state index contributed by atoms with van der Waals surface area (Å²) in [5, 5.41) is 4.17. The predicted octanol–water partition coefficient (Wildman–Crippen LogP) is 1.03. The molecule has 2 aromatic rings. The largest absolute Gasteiger partial charge is 0.266 e. The molecule has 66 valence electrons. The van der Waals surface area contributed by atoms with Gasteiger partial charge in [-0.2, -0.15) is 5.10 Å². The Bertz CT molecular complexity index is 380. The van der Waals surface area contributed by atoms with Gasteiger partial charge in [0.05, 0.1) is 18.4 Å². The lowest BCUT2D eigenvalue weighted by Gasteiger charge is -1.98. The van der Waals surface area contributed by atoms with Crippen molar-refractivity contribution in [1.29, 1.82) is 0 Å². The Morgan fingerprint density at radius 2 is 2.38 bits per heavy atom. The minimum absolute atomic E-state index is 0.705. The van der Waals surface area contributed by atoms with Crippen LogP contribution >= 0.6 is 0 Å². The molecule has 0 aliphatic carbocycles. The Balaban J connectivity index is 2.15. The molecular formula is C9H10N4. The van der Waals surface area contributed by atoms with E-state index in [0.717, 1.165) is 11.3 Å². The van der Waals surface area contributed by atoms with E-state index in [1.807, 2.05) is 30.1 Å². The van der Waals surface area contributed by atoms with Crippen LogP contribution in [0.3, 0.4) is 0 Å². The van der Waals surface area contributed by atoms with Crippen LogP contribution < -0.4 is 0 Å². The van der Waals surface area contributed by atoms with E-state index in [1.165, 1.54) is 0 Å². The second-order valence-electron chi connectivity index (χ2n) is 2.92. The lowest BCUT2D eigenvalue weighted by Crippen LogP contribution is -2.01. The molecule has 0 fully saturated rings. The molecule has 2 aromatic heterocycles. The monoisotopic (exact) mass is 174 g/mol. The summed E-state index contributed by atoms with van der Waals surface area (Å²) in [6.45, 7) is 2.72. The molecule has 0 aliphatic heterocycles. The van der Waals surface area contributed by atoms with E-state index in [0.29, 0.717) is 6.54 Å². The number of hydrogen-bond donors (Lipinski definition) is 0. The molecule has 4 nitrogen and oxygen atoms in total. The third kappa shape index (κ3) is 1.90. The molecule has 0 unspecified atom stereocenters. The number of rotatable bonds is 2. The number of nitrogens with zero attached hydrogens (tertiary/aromatic N) is 4. The van der Waals surface area contributed by atoms with Crippen molar-refractivity contribution in [3.05, 3.63) is 42.2 Å². The van der Waals surface area contributed by atoms with Gasteiger partial charge in [0.25, 0.3) is 0 Å². The maximum Gasteiger partial charge on any atom is 0.115 e. The SMILES string of the molecule is Cc1cnn(Cc2ccncn2)c1. The van der Waals surface area contributed by atoms with Crippen molar-refractivity contribution in [3.63, 3.8) is 0 Å². The first-order chi connectivity index (χ1) is 6.34. The zero-order valence-electron chi connectivity index (χ0n) is 7.38. The van der Waals surface area contributed by atoms with Gasteiger partial charge in [0.2, 0.25) is 0 Å². The van der Waals surface area contributed by atoms with Crippen molar-refractivity contribution in [2.75, 3.05) is 0 Å². The van der Waals surface area contributed by atoms with Gasteiger partial charge in [-0.05, 0) is 18.6 Å². The summed E-state index contributed by atoms with van der Waals surface area (Å²) < 4.78 is 1.86. The van der Waals surface area contributed by atoms with Gasteiger partial charge in [-0.3, -0.25) is 4.68 Å². The first-order valence-electron chi connectivity index (χ1n) is 4.08. The Morgan fingerprint density at radius 1 is 1.46 bits per heavy atom. The van der Waals surface area contributed by atoms with Crippen molar-refractivity contribution in [1.82, 2.24) is 19.7 Å². The first-order valence-corrected chi connectivity index (χ1v) is 4.08. The lowest BCUT2D eigenvalue weighted by atomic mass is 10.4. The molecule has 0 radical (unpaired) electrons. The minimum Gasteiger partial charge on any atom is -0.266 e. The molecule has 13 heavy (non-hydrogen) atoms. The van der Waals surface area contributed by atoms with Gasteiger partial charge in [0, 0.05) is 12.4 Å². The third-order valence-corrected chi connectivity index (χ3v) is 1.73. The second-order valence-corrected chi connectivity index (χ2v) is 2.92. The summed E-state index contributed by atoms with van der Waals surface area (Å²) in [5.74, 6) is 0. The summed E-state index contributed by atoms with van der Waals surface area (Å²) >= 11 is 0. The molecule has 4 heteroatoms. The van der Waals surface area contributed by atoms with E-state index in [1.54, 1.807) is 12.5 Å². The molecule has 0 saturated heterocycles. The Labute approximate surface area is 76.3 Å². The van der Waals surface area contributed by atoms with Crippen molar-refractivity contribution in [2.24, 2.45) is 0 Å². The number of hydrogen-bond acceptors (Lipinski definition) is 3. The van der Waals surface area contributed by atoms with Crippen LogP contribution in [0.5, 0.6) is 0 Å². The van der Waals surface area contributed by atoms with Crippen LogP contribution in [-0.2, 0) is 6.54 Å². The van der Waals surface area contributed by atoms with Crippen LogP contribution in [0.15, 0.2) is 31.0 Å². The van der Waals surface area contributed by atoms with E-state index in [9.17, 15) is 0 Å². The molecule has 0 saturated carbocycles. The first kappa shape index (κ1) is 7.91. The van der Waals surface area contributed by atoms with Crippen molar-refractivity contribution < 1.29 is 0 Å². The molecule has 0 bridgehead atoms. The highest BCUT2D eigenvalue weighted by Crippen LogP contribution is 1.98. The van der Waals surface area contributed by atoms with Crippen molar-refractivity contribution in [2.45, 2.75) is 13.5 Å². The molecule has 0 atom stereocenters. The molecule has 0 spiro atoms. The van der Waals surface area contributed by atoms with Gasteiger partial charge >= 0.3 is 0 Å². The number of aromatic nitrogens is 4. The molecule has 0 N–H and O–H groups in total. The van der Waals surface area contributed by atoms with Gasteiger partial charge in [0.1, 0.15) is 6.33 Å². The van der Waals surface area contributed by atoms with Crippen molar-refractivity contribution >= 4 is 0 Å². The van der Waals surface area contributed by atoms with Crippen LogP contribution in [0.4, 0.5) is 0 Å². The fourth-order valence-electron chi connectivity index (χ4n) is 1.13. The fourth-order valence-corrected chi connectivity index (χ4v) is 1.13. The quantitative estimate of drug-likeness (QED) is 0.683. The average molecular weight is 174 g/mol. The van der Waals surface area contributed by atoms with Crippen LogP contribution in [0, 0.1) is 6.92 Å². The minimum atomic E-state index is 0.705. The Hall–Kier alpha value is -1.71. The zero-order valence-corrected chi connectivity index (χ0v) is 7.38. The van der Waals surface area contributed by atoms with Crippen LogP contribution in [0.2, 0.25) is 0 Å². The second kappa shape index (κ2) is 3.35. The van der Waals surface area contributed by atoms with Crippen molar-refractivity contribution in [3.8, 4) is 0 Å². The summed E-state index contributed by atoms with van der Waals surface area (Å²) in [6, 6.07) is 1.89. The van der Waals surface area contributed by atoms with Crippen LogP contribution in [-0.4, -0.2) is 19.7 Å². The molecular weight excluding hydrogens is 164 g/mol. The van der Waals surface area contributed by atoms with E-state index in [4.69, 9.17) is 0 Å². The Kier molecular flexibility index (Phi) is 2.04. The fraction of sp³-hybridized carbons (Fsp3) is 0.222. The standard InChI is InChI=1S/C9H10N4/c1-8-4-12-13(5-8)6-9-2-3-10-7-11-9/h2-5,7H,6H2,1H3. The topological polar surface area (TPSA) is 43.6 Å². The summed E-state index contributed by atoms with van der Waals surface area (Å²) in [7, 11) is 0. The molecule has 0 amide bonds. The van der Waals surface area contributed by atoms with E-state index < -0.39 is 0 Å². The van der Waals surface area contributed by atoms with Crippen LogP contribution in [0.1, 0.15) is 11.3 Å². The molecule has 2 rings (SSSR count). The lowest BCUT2D eigenvalue weighted by molar-refractivity contribution is 0.670. The molecule has 2 heterocycles. The summed E-state index contributed by atoms with van der Waals surface area (Å²) in [5.41, 5.74) is 2.13. The maximum atomic E-state index is 4.17. The highest BCUT2D eigenvalue weighted by molar-refractivity contribution is 5.03. The van der Waals surface area contributed by atoms with Gasteiger partial charge in [-0.1, -0.05) is 0 Å². The van der Waals surface area contributed by atoms with Gasteiger partial charge in [-0.25, -0.2) is 9.97 Å². The highest BCUT2D eigenvalue weighted by atomic mass is 15.3. The smallest absolute Gasteiger partial charge is 0.115 e. The Morgan fingerprint density at radius 3 is 3.00 bits per heavy atom. The maximum absolute atomic E-state index is 4.17. The van der Waals surface area contributed by atoms with Gasteiger partial charge < -0.3 is 0 Å². The van der Waals surface area contributed by atoms with Crippen LogP contribution in [0.25, 0.3) is 0 Å². The third-order valence-electron chi connectivity index (χ3n) is 1.73. The summed E-state index contributed by atoms with van der Waals surface area (Å²) in [6.07, 6.45) is 7.10. The van der Waals surface area contributed by atoms with Gasteiger partial charge in [0.15, 0.2) is 0 Å². The van der Waals surface area contributed by atoms with Gasteiger partial charge in [-0.15, -0.1) is 0 Å². The van der Waals surface area contributed by atoms with E-state index >= 15 is 0 Å². The molecule has 0 aliphatic rings. The normalized spacial score (nSPS) is 10.2. The summed E-state index contributed by atoms with van der Waals surface area (Å²) in [4.78, 5) is 7.96.